The van der Waals surface area contributed by atoms with Crippen molar-refractivity contribution in [1.82, 2.24) is 0 Å². The molecule has 0 spiro atoms. The molecule has 0 bridgehead atoms. The molecule has 1 amide bonds. The summed E-state index contributed by atoms with van der Waals surface area (Å²) in [7, 11) is 0. The van der Waals surface area contributed by atoms with Crippen LogP contribution in [0.4, 0.5) is 5.69 Å². The Morgan fingerprint density at radius 3 is 2.81 bits per heavy atom. The Bertz CT molecular complexity index is 380. The molecule has 0 aliphatic carbocycles. The highest BCUT2D eigenvalue weighted by Crippen LogP contribution is 2.25. The minimum absolute atomic E-state index is 0.0563. The topological polar surface area (TPSA) is 55.1 Å². The number of carbonyl (C=O) groups excluding carboxylic acids is 1. The number of nitrogens with two attached hydrogens (primary N) is 1. The number of benzene rings is 1. The van der Waals surface area contributed by atoms with Gasteiger partial charge in [0.05, 0.1) is 10.9 Å². The van der Waals surface area contributed by atoms with Crippen LogP contribution in [0.5, 0.6) is 0 Å². The molecule has 0 radical (unpaired) electrons. The first-order valence-electron chi connectivity index (χ1n) is 5.04. The molecular formula is C11H14BrClN2O. The summed E-state index contributed by atoms with van der Waals surface area (Å²) in [6.45, 7) is 2.30. The Labute approximate surface area is 108 Å². The zero-order valence-corrected chi connectivity index (χ0v) is 11.3. The highest BCUT2D eigenvalue weighted by molar-refractivity contribution is 9.10. The number of hydrogen-bond donors (Lipinski definition) is 2. The van der Waals surface area contributed by atoms with Crippen molar-refractivity contribution in [2.45, 2.75) is 13.3 Å². The van der Waals surface area contributed by atoms with Gasteiger partial charge in [0.25, 0.3) is 0 Å². The van der Waals surface area contributed by atoms with Crippen LogP contribution < -0.4 is 11.1 Å². The lowest BCUT2D eigenvalue weighted by Gasteiger charge is -2.12. The molecule has 1 aromatic carbocycles. The molecule has 0 heterocycles. The highest BCUT2D eigenvalue weighted by atomic mass is 79.9. The minimum Gasteiger partial charge on any atom is -0.330 e. The third-order valence-electron chi connectivity index (χ3n) is 2.34. The summed E-state index contributed by atoms with van der Waals surface area (Å²) in [6, 6.07) is 5.25. The first-order chi connectivity index (χ1) is 7.58. The third-order valence-corrected chi connectivity index (χ3v) is 3.55. The van der Waals surface area contributed by atoms with E-state index < -0.39 is 0 Å². The number of rotatable bonds is 4. The van der Waals surface area contributed by atoms with Gasteiger partial charge in [-0.2, -0.15) is 0 Å². The van der Waals surface area contributed by atoms with Gasteiger partial charge in [0.1, 0.15) is 0 Å². The first-order valence-corrected chi connectivity index (χ1v) is 6.21. The maximum absolute atomic E-state index is 11.7. The number of halogens is 2. The van der Waals surface area contributed by atoms with Crippen molar-refractivity contribution < 1.29 is 4.79 Å². The highest BCUT2D eigenvalue weighted by Gasteiger charge is 2.14. The summed E-state index contributed by atoms with van der Waals surface area (Å²) < 4.78 is 0.757. The molecule has 1 atom stereocenters. The summed E-state index contributed by atoms with van der Waals surface area (Å²) in [5.74, 6) is -0.200. The van der Waals surface area contributed by atoms with Crippen LogP contribution in [0, 0.1) is 5.92 Å². The molecule has 0 saturated carbocycles. The Balaban J connectivity index is 2.73. The van der Waals surface area contributed by atoms with Crippen LogP contribution in [0.25, 0.3) is 0 Å². The van der Waals surface area contributed by atoms with Gasteiger partial charge in [0, 0.05) is 16.7 Å². The Kier molecular flexibility index (Phi) is 5.25. The van der Waals surface area contributed by atoms with Gasteiger partial charge in [0.15, 0.2) is 0 Å². The third kappa shape index (κ3) is 3.47. The maximum atomic E-state index is 11.7. The van der Waals surface area contributed by atoms with Gasteiger partial charge in [-0.05, 0) is 40.5 Å². The van der Waals surface area contributed by atoms with E-state index in [-0.39, 0.29) is 11.8 Å². The second-order valence-electron chi connectivity index (χ2n) is 3.46. The van der Waals surface area contributed by atoms with E-state index in [0.29, 0.717) is 17.3 Å². The number of amides is 1. The molecule has 0 fully saturated rings. The molecule has 0 saturated heterocycles. The molecule has 3 nitrogen and oxygen atoms in total. The largest absolute Gasteiger partial charge is 0.330 e. The Hall–Kier alpha value is -0.580. The minimum atomic E-state index is -0.144. The first kappa shape index (κ1) is 13.5. The number of hydrogen-bond acceptors (Lipinski definition) is 2. The fraction of sp³-hybridized carbons (Fsp3) is 0.364. The fourth-order valence-electron chi connectivity index (χ4n) is 1.28. The second kappa shape index (κ2) is 6.23. The molecule has 0 aliphatic rings. The summed E-state index contributed by atoms with van der Waals surface area (Å²) in [5.41, 5.74) is 6.22. The fourth-order valence-corrected chi connectivity index (χ4v) is 1.77. The van der Waals surface area contributed by atoms with E-state index in [0.717, 1.165) is 10.9 Å². The van der Waals surface area contributed by atoms with Crippen molar-refractivity contribution in [3.63, 3.8) is 0 Å². The molecule has 0 aromatic heterocycles. The van der Waals surface area contributed by atoms with Crippen LogP contribution >= 0.6 is 27.5 Å². The number of carbonyl (C=O) groups is 1. The van der Waals surface area contributed by atoms with Gasteiger partial charge in [-0.3, -0.25) is 4.79 Å². The van der Waals surface area contributed by atoms with Crippen LogP contribution in [0.1, 0.15) is 13.3 Å². The van der Waals surface area contributed by atoms with Crippen molar-refractivity contribution in [3.8, 4) is 0 Å². The Morgan fingerprint density at radius 1 is 1.62 bits per heavy atom. The van der Waals surface area contributed by atoms with Crippen molar-refractivity contribution in [2.75, 3.05) is 11.9 Å². The average molecular weight is 306 g/mol. The zero-order chi connectivity index (χ0) is 12.1. The smallest absolute Gasteiger partial charge is 0.228 e. The van der Waals surface area contributed by atoms with Crippen molar-refractivity contribution in [3.05, 3.63) is 27.7 Å². The van der Waals surface area contributed by atoms with Crippen LogP contribution in [-0.4, -0.2) is 12.5 Å². The number of anilines is 1. The standard InChI is InChI=1S/C11H14BrClN2O/c1-2-7(6-14)11(16)15-8-3-4-10(13)9(12)5-8/h3-5,7H,2,6,14H2,1H3,(H,15,16). The van der Waals surface area contributed by atoms with Crippen LogP contribution in [0.2, 0.25) is 5.02 Å². The van der Waals surface area contributed by atoms with Gasteiger partial charge in [0.2, 0.25) is 5.91 Å². The molecular weight excluding hydrogens is 291 g/mol. The molecule has 0 aliphatic heterocycles. The summed E-state index contributed by atoms with van der Waals surface area (Å²) in [6.07, 6.45) is 0.733. The number of nitrogens with one attached hydrogen (secondary N) is 1. The van der Waals surface area contributed by atoms with E-state index >= 15 is 0 Å². The van der Waals surface area contributed by atoms with E-state index in [4.69, 9.17) is 17.3 Å². The quantitative estimate of drug-likeness (QED) is 0.898. The molecule has 1 rings (SSSR count). The van der Waals surface area contributed by atoms with Gasteiger partial charge < -0.3 is 11.1 Å². The zero-order valence-electron chi connectivity index (χ0n) is 8.97. The molecule has 1 unspecified atom stereocenters. The monoisotopic (exact) mass is 304 g/mol. The van der Waals surface area contributed by atoms with E-state index in [9.17, 15) is 4.79 Å². The van der Waals surface area contributed by atoms with Crippen LogP contribution in [0.15, 0.2) is 22.7 Å². The molecule has 3 N–H and O–H groups in total. The van der Waals surface area contributed by atoms with Crippen LogP contribution in [-0.2, 0) is 4.79 Å². The second-order valence-corrected chi connectivity index (χ2v) is 4.72. The normalized spacial score (nSPS) is 12.2. The van der Waals surface area contributed by atoms with E-state index in [2.05, 4.69) is 21.2 Å². The molecule has 5 heteroatoms. The molecule has 1 aromatic rings. The predicted octanol–water partition coefficient (Wildman–Crippen LogP) is 3.03. The Morgan fingerprint density at radius 2 is 2.31 bits per heavy atom. The lowest BCUT2D eigenvalue weighted by molar-refractivity contribution is -0.119. The van der Waals surface area contributed by atoms with E-state index in [1.165, 1.54) is 0 Å². The SMILES string of the molecule is CCC(CN)C(=O)Nc1ccc(Cl)c(Br)c1. The lowest BCUT2D eigenvalue weighted by atomic mass is 10.1. The van der Waals surface area contributed by atoms with E-state index in [1.54, 1.807) is 18.2 Å². The van der Waals surface area contributed by atoms with Crippen LogP contribution in [0.3, 0.4) is 0 Å². The molecule has 16 heavy (non-hydrogen) atoms. The maximum Gasteiger partial charge on any atom is 0.228 e. The van der Waals surface area contributed by atoms with Crippen molar-refractivity contribution in [1.29, 1.82) is 0 Å². The van der Waals surface area contributed by atoms with Crippen molar-refractivity contribution >= 4 is 39.1 Å². The summed E-state index contributed by atoms with van der Waals surface area (Å²) in [5, 5.41) is 3.42. The van der Waals surface area contributed by atoms with Gasteiger partial charge in [-0.1, -0.05) is 18.5 Å². The molecule has 88 valence electrons. The van der Waals surface area contributed by atoms with Gasteiger partial charge in [-0.15, -0.1) is 0 Å². The van der Waals surface area contributed by atoms with E-state index in [1.807, 2.05) is 6.92 Å². The predicted molar refractivity (Wildman–Crippen MR) is 70.6 cm³/mol. The lowest BCUT2D eigenvalue weighted by Crippen LogP contribution is -2.28. The van der Waals surface area contributed by atoms with Gasteiger partial charge >= 0.3 is 0 Å². The van der Waals surface area contributed by atoms with Gasteiger partial charge in [-0.25, -0.2) is 0 Å². The summed E-state index contributed by atoms with van der Waals surface area (Å²) in [4.78, 5) is 11.7. The summed E-state index contributed by atoms with van der Waals surface area (Å²) >= 11 is 9.15. The average Bonchev–Trinajstić information content (AvgIpc) is 2.25. The van der Waals surface area contributed by atoms with Crippen molar-refractivity contribution in [2.24, 2.45) is 11.7 Å².